The first-order valence-electron chi connectivity index (χ1n) is 11.4. The van der Waals surface area contributed by atoms with Gasteiger partial charge in [-0.25, -0.2) is 8.42 Å². The number of nitrogens with one attached hydrogen (secondary N) is 2. The lowest BCUT2D eigenvalue weighted by molar-refractivity contribution is -0.274. The van der Waals surface area contributed by atoms with Crippen LogP contribution in [0.2, 0.25) is 10.0 Å². The van der Waals surface area contributed by atoms with Crippen LogP contribution in [-0.2, 0) is 16.6 Å². The number of ether oxygens (including phenoxy) is 2. The Labute approximate surface area is 237 Å². The molecule has 4 aromatic rings. The van der Waals surface area contributed by atoms with Crippen LogP contribution in [0.1, 0.15) is 15.9 Å². The van der Waals surface area contributed by atoms with E-state index in [-0.39, 0.29) is 27.7 Å². The SMILES string of the molecule is O=C(NCc1ccc(OC(F)(F)F)cc1)c1cc(Cl)ccc1NS(=O)(=O)c1ccc(Oc2ccccc2Cl)cc1. The maximum Gasteiger partial charge on any atom is 0.573 e. The molecule has 4 aromatic carbocycles. The third-order valence-corrected chi connectivity index (χ3v) is 7.21. The second kappa shape index (κ2) is 12.1. The number of rotatable bonds is 9. The molecule has 2 N–H and O–H groups in total. The number of para-hydroxylation sites is 1. The minimum Gasteiger partial charge on any atom is -0.456 e. The Morgan fingerprint density at radius 3 is 2.15 bits per heavy atom. The molecule has 0 spiro atoms. The van der Waals surface area contributed by atoms with Crippen molar-refractivity contribution in [3.05, 3.63) is 112 Å². The Morgan fingerprint density at radius 2 is 1.50 bits per heavy atom. The number of hydrogen-bond acceptors (Lipinski definition) is 5. The summed E-state index contributed by atoms with van der Waals surface area (Å²) in [4.78, 5) is 12.8. The highest BCUT2D eigenvalue weighted by Gasteiger charge is 2.31. The predicted molar refractivity (Wildman–Crippen MR) is 145 cm³/mol. The number of alkyl halides is 3. The molecule has 4 rings (SSSR count). The first kappa shape index (κ1) is 29.1. The van der Waals surface area contributed by atoms with Gasteiger partial charge in [0.2, 0.25) is 0 Å². The zero-order valence-electron chi connectivity index (χ0n) is 20.2. The molecule has 0 atom stereocenters. The predicted octanol–water partition coefficient (Wildman–Crippen LogP) is 7.42. The van der Waals surface area contributed by atoms with Gasteiger partial charge < -0.3 is 14.8 Å². The maximum absolute atomic E-state index is 13.1. The second-order valence-corrected chi connectivity index (χ2v) is 10.7. The molecule has 0 fully saturated rings. The summed E-state index contributed by atoms with van der Waals surface area (Å²) in [5.74, 6) is -0.311. The Balaban J connectivity index is 1.45. The Hall–Kier alpha value is -3.93. The van der Waals surface area contributed by atoms with Gasteiger partial charge in [-0.3, -0.25) is 9.52 Å². The number of hydrogen-bond donors (Lipinski definition) is 2. The van der Waals surface area contributed by atoms with Crippen LogP contribution in [0.3, 0.4) is 0 Å². The van der Waals surface area contributed by atoms with E-state index in [4.69, 9.17) is 27.9 Å². The molecule has 0 aliphatic heterocycles. The van der Waals surface area contributed by atoms with E-state index in [1.165, 1.54) is 54.6 Å². The highest BCUT2D eigenvalue weighted by atomic mass is 35.5. The Bertz CT molecular complexity index is 1610. The molecule has 1 amide bonds. The molecule has 0 unspecified atom stereocenters. The number of sulfonamides is 1. The number of amides is 1. The Kier molecular flexibility index (Phi) is 8.77. The summed E-state index contributed by atoms with van der Waals surface area (Å²) >= 11 is 12.1. The van der Waals surface area contributed by atoms with Crippen LogP contribution in [0.4, 0.5) is 18.9 Å². The first-order chi connectivity index (χ1) is 18.9. The molecular weight excluding hydrogens is 592 g/mol. The minimum atomic E-state index is -4.82. The third-order valence-electron chi connectivity index (χ3n) is 5.28. The van der Waals surface area contributed by atoms with Crippen molar-refractivity contribution in [3.63, 3.8) is 0 Å². The molecule has 208 valence electrons. The van der Waals surface area contributed by atoms with Crippen molar-refractivity contribution in [1.29, 1.82) is 0 Å². The summed E-state index contributed by atoms with van der Waals surface area (Å²) in [7, 11) is -4.13. The normalized spacial score (nSPS) is 11.5. The van der Waals surface area contributed by atoms with Crippen LogP contribution in [0.15, 0.2) is 95.9 Å². The first-order valence-corrected chi connectivity index (χ1v) is 13.6. The van der Waals surface area contributed by atoms with E-state index in [1.54, 1.807) is 24.3 Å². The smallest absolute Gasteiger partial charge is 0.456 e. The lowest BCUT2D eigenvalue weighted by Gasteiger charge is -2.14. The number of anilines is 1. The molecule has 0 aromatic heterocycles. The van der Waals surface area contributed by atoms with Crippen LogP contribution in [0.5, 0.6) is 17.2 Å². The summed E-state index contributed by atoms with van der Waals surface area (Å²) in [5.41, 5.74) is 0.380. The van der Waals surface area contributed by atoms with Crippen molar-refractivity contribution >= 4 is 44.8 Å². The molecule has 0 saturated carbocycles. The molecular formula is C27H19Cl2F3N2O5S. The Morgan fingerprint density at radius 1 is 0.850 bits per heavy atom. The number of carbonyl (C=O) groups excluding carboxylic acids is 1. The van der Waals surface area contributed by atoms with E-state index >= 15 is 0 Å². The molecule has 0 aliphatic carbocycles. The molecule has 0 saturated heterocycles. The molecule has 40 heavy (non-hydrogen) atoms. The molecule has 7 nitrogen and oxygen atoms in total. The third kappa shape index (κ3) is 7.81. The minimum absolute atomic E-state index is 0.0350. The average molecular weight is 611 g/mol. The van der Waals surface area contributed by atoms with Gasteiger partial charge >= 0.3 is 6.36 Å². The van der Waals surface area contributed by atoms with E-state index in [0.717, 1.165) is 12.1 Å². The fraction of sp³-hybridized carbons (Fsp3) is 0.0741. The van der Waals surface area contributed by atoms with E-state index < -0.39 is 28.0 Å². The summed E-state index contributed by atoms with van der Waals surface area (Å²) < 4.78 is 75.0. The second-order valence-electron chi connectivity index (χ2n) is 8.17. The van der Waals surface area contributed by atoms with E-state index in [0.29, 0.717) is 22.1 Å². The zero-order chi connectivity index (χ0) is 28.9. The summed E-state index contributed by atoms with van der Waals surface area (Å²) in [6, 6.07) is 21.3. The zero-order valence-corrected chi connectivity index (χ0v) is 22.5. The number of benzene rings is 4. The van der Waals surface area contributed by atoms with Gasteiger partial charge in [-0.05, 0) is 72.3 Å². The lowest BCUT2D eigenvalue weighted by Crippen LogP contribution is -2.25. The van der Waals surface area contributed by atoms with Crippen LogP contribution in [0.25, 0.3) is 0 Å². The van der Waals surface area contributed by atoms with Crippen molar-refractivity contribution in [2.75, 3.05) is 4.72 Å². The van der Waals surface area contributed by atoms with Crippen LogP contribution < -0.4 is 19.5 Å². The van der Waals surface area contributed by atoms with Gasteiger partial charge in [0.25, 0.3) is 15.9 Å². The lowest BCUT2D eigenvalue weighted by atomic mass is 10.1. The summed E-state index contributed by atoms with van der Waals surface area (Å²) in [6.07, 6.45) is -4.82. The van der Waals surface area contributed by atoms with Gasteiger partial charge in [0.1, 0.15) is 17.2 Å². The molecule has 0 radical (unpaired) electrons. The van der Waals surface area contributed by atoms with E-state index in [9.17, 15) is 26.4 Å². The summed E-state index contributed by atoms with van der Waals surface area (Å²) in [5, 5.41) is 3.16. The van der Waals surface area contributed by atoms with Gasteiger partial charge in [0.05, 0.1) is 21.2 Å². The standard InChI is InChI=1S/C27H19Cl2F3N2O5S/c28-18-7-14-24(22(15-18)26(35)33-16-17-5-8-20(9-6-17)39-27(30,31)32)34-40(36,37)21-12-10-19(11-13-21)38-25-4-2-1-3-23(25)29/h1-15,34H,16H2,(H,33,35). The molecule has 0 aliphatic rings. The van der Waals surface area contributed by atoms with Gasteiger partial charge in [-0.15, -0.1) is 13.2 Å². The maximum atomic E-state index is 13.1. The van der Waals surface area contributed by atoms with Crippen LogP contribution in [-0.4, -0.2) is 20.7 Å². The quantitative estimate of drug-likeness (QED) is 0.206. The number of halogens is 5. The van der Waals surface area contributed by atoms with Crippen molar-refractivity contribution in [1.82, 2.24) is 5.32 Å². The monoisotopic (exact) mass is 610 g/mol. The number of carbonyl (C=O) groups is 1. The summed E-state index contributed by atoms with van der Waals surface area (Å²) in [6.45, 7) is -0.0588. The van der Waals surface area contributed by atoms with Gasteiger partial charge in [-0.1, -0.05) is 47.5 Å². The van der Waals surface area contributed by atoms with Gasteiger partial charge in [0, 0.05) is 11.6 Å². The van der Waals surface area contributed by atoms with Crippen molar-refractivity contribution < 1.29 is 35.9 Å². The molecule has 0 heterocycles. The molecule has 0 bridgehead atoms. The van der Waals surface area contributed by atoms with E-state index in [2.05, 4.69) is 14.8 Å². The highest BCUT2D eigenvalue weighted by molar-refractivity contribution is 7.92. The van der Waals surface area contributed by atoms with Crippen LogP contribution in [0, 0.1) is 0 Å². The van der Waals surface area contributed by atoms with Crippen molar-refractivity contribution in [2.24, 2.45) is 0 Å². The fourth-order valence-electron chi connectivity index (χ4n) is 3.42. The average Bonchev–Trinajstić information content (AvgIpc) is 2.90. The highest BCUT2D eigenvalue weighted by Crippen LogP contribution is 2.30. The largest absolute Gasteiger partial charge is 0.573 e. The van der Waals surface area contributed by atoms with Crippen molar-refractivity contribution in [3.8, 4) is 17.2 Å². The van der Waals surface area contributed by atoms with E-state index in [1.807, 2.05) is 0 Å². The van der Waals surface area contributed by atoms with Gasteiger partial charge in [-0.2, -0.15) is 0 Å². The van der Waals surface area contributed by atoms with Crippen molar-refractivity contribution in [2.45, 2.75) is 17.8 Å². The molecule has 13 heteroatoms. The topological polar surface area (TPSA) is 93.7 Å². The van der Waals surface area contributed by atoms with Crippen LogP contribution >= 0.6 is 23.2 Å². The fourth-order valence-corrected chi connectivity index (χ4v) is 4.85. The van der Waals surface area contributed by atoms with Gasteiger partial charge in [0.15, 0.2) is 0 Å².